The molecule has 1 aromatic heterocycles. The molecule has 0 aliphatic heterocycles. The number of halogens is 2. The van der Waals surface area contributed by atoms with Crippen molar-refractivity contribution < 1.29 is 9.18 Å². The van der Waals surface area contributed by atoms with Gasteiger partial charge >= 0.3 is 0 Å². The zero-order valence-corrected chi connectivity index (χ0v) is 15.9. The van der Waals surface area contributed by atoms with E-state index in [1.807, 2.05) is 0 Å². The van der Waals surface area contributed by atoms with Gasteiger partial charge in [0.25, 0.3) is 0 Å². The molecule has 0 fully saturated rings. The standard InChI is InChI=1S/C19H16ClFN4OS/c1-12(18(26)22-16-5-3-2-4-15(16)20)27-19-23-17(24-25-19)11-8-13-6-9-14(21)10-7-13/h2-12H,1H3,(H,22,26)(H,23,24,25)/b11-8+. The summed E-state index contributed by atoms with van der Waals surface area (Å²) in [6.07, 6.45) is 3.53. The van der Waals surface area contributed by atoms with Crippen LogP contribution in [-0.2, 0) is 4.79 Å². The van der Waals surface area contributed by atoms with E-state index in [4.69, 9.17) is 11.6 Å². The molecule has 3 aromatic rings. The lowest BCUT2D eigenvalue weighted by atomic mass is 10.2. The van der Waals surface area contributed by atoms with Gasteiger partial charge in [0.15, 0.2) is 0 Å². The minimum atomic E-state index is -0.411. The van der Waals surface area contributed by atoms with Crippen molar-refractivity contribution in [2.24, 2.45) is 0 Å². The fourth-order valence-corrected chi connectivity index (χ4v) is 3.06. The maximum atomic E-state index is 12.9. The number of benzene rings is 2. The van der Waals surface area contributed by atoms with Crippen molar-refractivity contribution in [2.45, 2.75) is 17.3 Å². The Labute approximate surface area is 165 Å². The average molecular weight is 403 g/mol. The third-order valence-corrected chi connectivity index (χ3v) is 4.86. The molecule has 0 radical (unpaired) electrons. The molecule has 0 spiro atoms. The van der Waals surface area contributed by atoms with Gasteiger partial charge in [-0.15, -0.1) is 5.10 Å². The average Bonchev–Trinajstić information content (AvgIpc) is 3.10. The molecule has 27 heavy (non-hydrogen) atoms. The Morgan fingerprint density at radius 3 is 2.70 bits per heavy atom. The lowest BCUT2D eigenvalue weighted by Gasteiger charge is -2.11. The second-order valence-electron chi connectivity index (χ2n) is 5.62. The highest BCUT2D eigenvalue weighted by molar-refractivity contribution is 8.00. The van der Waals surface area contributed by atoms with Crippen LogP contribution in [0.3, 0.4) is 0 Å². The first-order valence-corrected chi connectivity index (χ1v) is 9.35. The zero-order valence-electron chi connectivity index (χ0n) is 14.3. The number of rotatable bonds is 6. The summed E-state index contributed by atoms with van der Waals surface area (Å²) in [5.74, 6) is 0.0661. The SMILES string of the molecule is CC(Sc1n[nH]c(/C=C/c2ccc(F)cc2)n1)C(=O)Nc1ccccc1Cl. The number of aromatic nitrogens is 3. The van der Waals surface area contributed by atoms with Gasteiger partial charge < -0.3 is 5.32 Å². The Morgan fingerprint density at radius 2 is 1.96 bits per heavy atom. The molecule has 0 bridgehead atoms. The summed E-state index contributed by atoms with van der Waals surface area (Å²) in [5.41, 5.74) is 1.41. The van der Waals surface area contributed by atoms with Gasteiger partial charge in [0, 0.05) is 0 Å². The normalized spacial score (nSPS) is 12.3. The Balaban J connectivity index is 1.58. The Kier molecular flexibility index (Phi) is 6.26. The number of aromatic amines is 1. The highest BCUT2D eigenvalue weighted by atomic mass is 35.5. The molecule has 5 nitrogen and oxygen atoms in total. The third-order valence-electron chi connectivity index (χ3n) is 3.57. The lowest BCUT2D eigenvalue weighted by Crippen LogP contribution is -2.22. The number of nitrogens with zero attached hydrogens (tertiary/aromatic N) is 2. The predicted octanol–water partition coefficient (Wildman–Crippen LogP) is 4.89. The van der Waals surface area contributed by atoms with Crippen LogP contribution >= 0.6 is 23.4 Å². The molecule has 1 atom stereocenters. The summed E-state index contributed by atoms with van der Waals surface area (Å²) in [4.78, 5) is 16.6. The highest BCUT2D eigenvalue weighted by Gasteiger charge is 2.17. The van der Waals surface area contributed by atoms with Crippen LogP contribution in [0, 0.1) is 5.82 Å². The molecule has 1 amide bonds. The number of carbonyl (C=O) groups is 1. The van der Waals surface area contributed by atoms with Crippen LogP contribution in [0.25, 0.3) is 12.2 Å². The first kappa shape index (κ1) is 19.1. The minimum Gasteiger partial charge on any atom is -0.324 e. The Hall–Kier alpha value is -2.64. The number of para-hydroxylation sites is 1. The van der Waals surface area contributed by atoms with Gasteiger partial charge in [-0.1, -0.05) is 53.7 Å². The van der Waals surface area contributed by atoms with E-state index < -0.39 is 5.25 Å². The Morgan fingerprint density at radius 1 is 1.22 bits per heavy atom. The van der Waals surface area contributed by atoms with Crippen molar-refractivity contribution in [3.8, 4) is 0 Å². The van der Waals surface area contributed by atoms with Gasteiger partial charge in [-0.05, 0) is 42.8 Å². The summed E-state index contributed by atoms with van der Waals surface area (Å²) < 4.78 is 12.9. The molecule has 2 aromatic carbocycles. The van der Waals surface area contributed by atoms with Crippen molar-refractivity contribution in [3.63, 3.8) is 0 Å². The second kappa shape index (κ2) is 8.83. The monoisotopic (exact) mass is 402 g/mol. The Bertz CT molecular complexity index is 958. The summed E-state index contributed by atoms with van der Waals surface area (Å²) in [6.45, 7) is 1.77. The molecule has 0 saturated carbocycles. The largest absolute Gasteiger partial charge is 0.324 e. The molecule has 1 unspecified atom stereocenters. The minimum absolute atomic E-state index is 0.193. The number of hydrogen-bond donors (Lipinski definition) is 2. The smallest absolute Gasteiger partial charge is 0.237 e. The fourth-order valence-electron chi connectivity index (χ4n) is 2.14. The molecule has 0 aliphatic rings. The van der Waals surface area contributed by atoms with Crippen LogP contribution in [0.15, 0.2) is 53.7 Å². The summed E-state index contributed by atoms with van der Waals surface area (Å²) in [5, 5.41) is 10.2. The fraction of sp³-hybridized carbons (Fsp3) is 0.105. The molecule has 2 N–H and O–H groups in total. The maximum absolute atomic E-state index is 12.9. The predicted molar refractivity (Wildman–Crippen MR) is 107 cm³/mol. The summed E-state index contributed by atoms with van der Waals surface area (Å²) in [6, 6.07) is 13.2. The molecular formula is C19H16ClFN4OS. The van der Waals surface area contributed by atoms with Crippen molar-refractivity contribution in [2.75, 3.05) is 5.32 Å². The molecule has 138 valence electrons. The van der Waals surface area contributed by atoms with Crippen LogP contribution in [-0.4, -0.2) is 26.3 Å². The first-order chi connectivity index (χ1) is 13.0. The van der Waals surface area contributed by atoms with E-state index in [9.17, 15) is 9.18 Å². The van der Waals surface area contributed by atoms with Crippen LogP contribution in [0.5, 0.6) is 0 Å². The first-order valence-electron chi connectivity index (χ1n) is 8.09. The molecule has 0 aliphatic carbocycles. The van der Waals surface area contributed by atoms with Crippen molar-refractivity contribution in [3.05, 3.63) is 70.8 Å². The van der Waals surface area contributed by atoms with Crippen molar-refractivity contribution >= 4 is 47.1 Å². The van der Waals surface area contributed by atoms with E-state index in [1.165, 1.54) is 23.9 Å². The van der Waals surface area contributed by atoms with Crippen molar-refractivity contribution in [1.29, 1.82) is 0 Å². The van der Waals surface area contributed by atoms with Crippen LogP contribution < -0.4 is 5.32 Å². The quantitative estimate of drug-likeness (QED) is 0.576. The van der Waals surface area contributed by atoms with Gasteiger partial charge in [0.1, 0.15) is 11.6 Å². The molecule has 0 saturated heterocycles. The van der Waals surface area contributed by atoms with Gasteiger partial charge in [-0.25, -0.2) is 9.37 Å². The van der Waals surface area contributed by atoms with Gasteiger partial charge in [0.05, 0.1) is 16.0 Å². The number of hydrogen-bond acceptors (Lipinski definition) is 4. The van der Waals surface area contributed by atoms with Crippen LogP contribution in [0.4, 0.5) is 10.1 Å². The highest BCUT2D eigenvalue weighted by Crippen LogP contribution is 2.24. The third kappa shape index (κ3) is 5.42. The van der Waals surface area contributed by atoms with Gasteiger partial charge in [-0.3, -0.25) is 9.89 Å². The maximum Gasteiger partial charge on any atom is 0.237 e. The van der Waals surface area contributed by atoms with Gasteiger partial charge in [-0.2, -0.15) is 0 Å². The summed E-state index contributed by atoms with van der Waals surface area (Å²) in [7, 11) is 0. The summed E-state index contributed by atoms with van der Waals surface area (Å²) >= 11 is 7.28. The molecule has 8 heteroatoms. The topological polar surface area (TPSA) is 70.7 Å². The van der Waals surface area contributed by atoms with Crippen LogP contribution in [0.2, 0.25) is 5.02 Å². The number of H-pyrrole nitrogens is 1. The zero-order chi connectivity index (χ0) is 19.2. The number of thioether (sulfide) groups is 1. The van der Waals surface area contributed by atoms with E-state index in [0.717, 1.165) is 5.56 Å². The van der Waals surface area contributed by atoms with E-state index in [0.29, 0.717) is 21.7 Å². The number of amides is 1. The molecular weight excluding hydrogens is 387 g/mol. The number of anilines is 1. The lowest BCUT2D eigenvalue weighted by molar-refractivity contribution is -0.115. The van der Waals surface area contributed by atoms with E-state index in [2.05, 4.69) is 20.5 Å². The number of carbonyl (C=O) groups excluding carboxylic acids is 1. The molecule has 1 heterocycles. The molecule has 3 rings (SSSR count). The number of nitrogens with one attached hydrogen (secondary N) is 2. The van der Waals surface area contributed by atoms with Crippen LogP contribution in [0.1, 0.15) is 18.3 Å². The second-order valence-corrected chi connectivity index (χ2v) is 7.33. The van der Waals surface area contributed by atoms with E-state index in [-0.39, 0.29) is 11.7 Å². The van der Waals surface area contributed by atoms with E-state index in [1.54, 1.807) is 55.5 Å². The van der Waals surface area contributed by atoms with Crippen molar-refractivity contribution in [1.82, 2.24) is 15.2 Å². The van der Waals surface area contributed by atoms with E-state index >= 15 is 0 Å². The van der Waals surface area contributed by atoms with Gasteiger partial charge in [0.2, 0.25) is 11.1 Å².